The molecule has 0 aromatic rings. The van der Waals surface area contributed by atoms with Gasteiger partial charge in [0.1, 0.15) is 24.4 Å². The number of hydrogen-bond acceptors (Lipinski definition) is 10. The van der Waals surface area contributed by atoms with Gasteiger partial charge in [0.2, 0.25) is 5.91 Å². The summed E-state index contributed by atoms with van der Waals surface area (Å²) in [6, 6.07) is -0.810. The lowest BCUT2D eigenvalue weighted by Crippen LogP contribution is -2.60. The Morgan fingerprint density at radius 1 is 0.457 bits per heavy atom. The third-order valence-corrected chi connectivity index (χ3v) is 15.8. The van der Waals surface area contributed by atoms with Crippen molar-refractivity contribution in [3.05, 3.63) is 60.8 Å². The molecule has 1 aliphatic rings. The minimum absolute atomic E-state index is 0.0112. The summed E-state index contributed by atoms with van der Waals surface area (Å²) in [6.07, 6.45) is 67.9. The van der Waals surface area contributed by atoms with Crippen LogP contribution in [0.1, 0.15) is 309 Å². The summed E-state index contributed by atoms with van der Waals surface area (Å²) in [6.45, 7) is 4.29. The first-order valence-electron chi connectivity index (χ1n) is 34.1. The summed E-state index contributed by atoms with van der Waals surface area (Å²) in [5.74, 6) is -0.196. The third-order valence-electron chi connectivity index (χ3n) is 15.8. The molecule has 0 saturated carbocycles. The van der Waals surface area contributed by atoms with Gasteiger partial charge >= 0.3 is 5.97 Å². The highest BCUT2D eigenvalue weighted by atomic mass is 16.7. The minimum atomic E-state index is -1.57. The van der Waals surface area contributed by atoms with Crippen molar-refractivity contribution in [1.82, 2.24) is 5.32 Å². The highest BCUT2D eigenvalue weighted by molar-refractivity contribution is 5.76. The van der Waals surface area contributed by atoms with E-state index in [2.05, 4.69) is 67.8 Å². The summed E-state index contributed by atoms with van der Waals surface area (Å²) >= 11 is 0. The first-order chi connectivity index (χ1) is 39.7. The van der Waals surface area contributed by atoms with E-state index in [4.69, 9.17) is 14.2 Å². The van der Waals surface area contributed by atoms with Crippen LogP contribution < -0.4 is 5.32 Å². The maximum Gasteiger partial charge on any atom is 0.305 e. The zero-order valence-corrected chi connectivity index (χ0v) is 52.2. The van der Waals surface area contributed by atoms with Crippen molar-refractivity contribution in [2.75, 3.05) is 19.8 Å². The molecule has 7 atom stereocenters. The van der Waals surface area contributed by atoms with Gasteiger partial charge in [0.25, 0.3) is 0 Å². The number of esters is 1. The van der Waals surface area contributed by atoms with Crippen LogP contribution in [0, 0.1) is 0 Å². The molecule has 0 radical (unpaired) electrons. The van der Waals surface area contributed by atoms with Crippen LogP contribution in [-0.4, -0.2) is 100 Å². The number of ether oxygens (including phenoxy) is 3. The molecular weight excluding hydrogens is 1010 g/mol. The highest BCUT2D eigenvalue weighted by Crippen LogP contribution is 2.23. The molecule has 0 aliphatic carbocycles. The first kappa shape index (κ1) is 76.4. The van der Waals surface area contributed by atoms with E-state index in [9.17, 15) is 35.1 Å². The molecule has 1 fully saturated rings. The van der Waals surface area contributed by atoms with E-state index in [1.54, 1.807) is 6.08 Å². The number of aliphatic hydroxyl groups excluding tert-OH is 5. The van der Waals surface area contributed by atoms with Gasteiger partial charge in [-0.2, -0.15) is 0 Å². The standard InChI is InChI=1S/C70H127NO10/c1-3-5-7-9-11-13-14-15-31-35-38-42-46-50-54-58-66(75)79-59-55-51-47-43-39-36-33-30-28-26-24-22-20-18-16-17-19-21-23-25-27-29-32-34-37-41-45-49-53-57-65(74)71-62(63(73)56-52-48-44-40-12-10-8-6-4-2)61-80-70-69(78)68(77)67(76)64(60-72)81-70/h11,13,15-16,18,22,24,31,52,56,62-64,67-70,72-73,76-78H,3-10,12,14,17,19-21,23,25-30,32-51,53-55,57-61H2,1-2H3,(H,71,74)/b13-11-,18-16-,24-22-,31-15-,56-52+. The van der Waals surface area contributed by atoms with E-state index < -0.39 is 49.5 Å². The van der Waals surface area contributed by atoms with Gasteiger partial charge in [-0.25, -0.2) is 0 Å². The summed E-state index contributed by atoms with van der Waals surface area (Å²) in [4.78, 5) is 25.1. The van der Waals surface area contributed by atoms with Crippen LogP contribution >= 0.6 is 0 Å². The normalized spacial score (nSPS) is 18.6. The van der Waals surface area contributed by atoms with Gasteiger partial charge in [-0.3, -0.25) is 9.59 Å². The topological polar surface area (TPSA) is 175 Å². The Labute approximate surface area is 497 Å². The predicted octanol–water partition coefficient (Wildman–Crippen LogP) is 17.0. The molecule has 7 unspecified atom stereocenters. The average Bonchev–Trinajstić information content (AvgIpc) is 3.47. The van der Waals surface area contributed by atoms with Crippen molar-refractivity contribution in [2.24, 2.45) is 0 Å². The second-order valence-corrected chi connectivity index (χ2v) is 23.5. The van der Waals surface area contributed by atoms with Crippen LogP contribution in [0.3, 0.4) is 0 Å². The molecule has 0 aromatic carbocycles. The van der Waals surface area contributed by atoms with E-state index in [1.807, 2.05) is 6.08 Å². The molecule has 1 saturated heterocycles. The van der Waals surface area contributed by atoms with E-state index in [0.717, 1.165) is 77.0 Å². The molecule has 1 heterocycles. The van der Waals surface area contributed by atoms with E-state index >= 15 is 0 Å². The van der Waals surface area contributed by atoms with E-state index in [0.29, 0.717) is 19.4 Å². The first-order valence-corrected chi connectivity index (χ1v) is 34.1. The molecule has 11 nitrogen and oxygen atoms in total. The SMILES string of the molecule is CCCCC/C=C\C/C=C\CCCCCCCC(=O)OCCCCCCCCCCC/C=C\C/C=C\CCCCCCCCCCCCCCCC(=O)NC(COC1OC(CO)C(O)C(O)C1O)C(O)/C=C/CCCCCCCCC. The molecule has 472 valence electrons. The van der Waals surface area contributed by atoms with Crippen LogP contribution in [0.15, 0.2) is 60.8 Å². The number of nitrogens with one attached hydrogen (secondary N) is 1. The van der Waals surface area contributed by atoms with Crippen molar-refractivity contribution < 1.29 is 49.3 Å². The lowest BCUT2D eigenvalue weighted by molar-refractivity contribution is -0.302. The van der Waals surface area contributed by atoms with Gasteiger partial charge < -0.3 is 45.1 Å². The minimum Gasteiger partial charge on any atom is -0.466 e. The summed E-state index contributed by atoms with van der Waals surface area (Å²) < 4.78 is 16.7. The second kappa shape index (κ2) is 59.1. The maximum atomic E-state index is 13.0. The predicted molar refractivity (Wildman–Crippen MR) is 338 cm³/mol. The van der Waals surface area contributed by atoms with Crippen molar-refractivity contribution in [3.8, 4) is 0 Å². The van der Waals surface area contributed by atoms with Crippen molar-refractivity contribution in [3.63, 3.8) is 0 Å². The zero-order valence-electron chi connectivity index (χ0n) is 52.2. The number of amides is 1. The number of carbonyl (C=O) groups is 2. The number of rotatable bonds is 59. The lowest BCUT2D eigenvalue weighted by atomic mass is 9.99. The van der Waals surface area contributed by atoms with Gasteiger partial charge in [0, 0.05) is 12.8 Å². The van der Waals surface area contributed by atoms with Crippen LogP contribution in [0.4, 0.5) is 0 Å². The molecule has 1 aliphatic heterocycles. The maximum absolute atomic E-state index is 13.0. The van der Waals surface area contributed by atoms with Crippen LogP contribution in [-0.2, 0) is 23.8 Å². The lowest BCUT2D eigenvalue weighted by Gasteiger charge is -2.40. The fraction of sp³-hybridized carbons (Fsp3) is 0.829. The Kier molecular flexibility index (Phi) is 55.7. The zero-order chi connectivity index (χ0) is 58.7. The van der Waals surface area contributed by atoms with E-state index in [-0.39, 0.29) is 18.5 Å². The Hall–Kier alpha value is -2.64. The Balaban J connectivity index is 1.95. The Morgan fingerprint density at radius 3 is 1.27 bits per heavy atom. The Bertz CT molecular complexity index is 1530. The summed E-state index contributed by atoms with van der Waals surface area (Å²) in [5.41, 5.74) is 0. The molecule has 0 bridgehead atoms. The number of aliphatic hydroxyl groups is 5. The van der Waals surface area contributed by atoms with Gasteiger partial charge in [0.05, 0.1) is 32.0 Å². The highest BCUT2D eigenvalue weighted by Gasteiger charge is 2.44. The fourth-order valence-electron chi connectivity index (χ4n) is 10.4. The summed E-state index contributed by atoms with van der Waals surface area (Å²) in [7, 11) is 0. The molecule has 1 amide bonds. The number of carbonyl (C=O) groups excluding carboxylic acids is 2. The van der Waals surface area contributed by atoms with Crippen LogP contribution in [0.2, 0.25) is 0 Å². The van der Waals surface area contributed by atoms with Crippen molar-refractivity contribution >= 4 is 11.9 Å². The third kappa shape index (κ3) is 48.3. The summed E-state index contributed by atoms with van der Waals surface area (Å²) in [5, 5.41) is 54.3. The molecule has 0 spiro atoms. The molecule has 11 heteroatoms. The van der Waals surface area contributed by atoms with Crippen molar-refractivity contribution in [1.29, 1.82) is 0 Å². The van der Waals surface area contributed by atoms with Gasteiger partial charge in [-0.05, 0) is 96.3 Å². The van der Waals surface area contributed by atoms with Gasteiger partial charge in [-0.1, -0.05) is 261 Å². The largest absolute Gasteiger partial charge is 0.466 e. The van der Waals surface area contributed by atoms with Gasteiger partial charge in [-0.15, -0.1) is 0 Å². The molecule has 1 rings (SSSR count). The molecule has 0 aromatic heterocycles. The number of unbranched alkanes of at least 4 members (excludes halogenated alkanes) is 37. The molecule has 81 heavy (non-hydrogen) atoms. The van der Waals surface area contributed by atoms with Crippen LogP contribution in [0.5, 0.6) is 0 Å². The molecular formula is C70H127NO10. The number of hydrogen-bond donors (Lipinski definition) is 6. The monoisotopic (exact) mass is 1140 g/mol. The smallest absolute Gasteiger partial charge is 0.305 e. The second-order valence-electron chi connectivity index (χ2n) is 23.5. The van der Waals surface area contributed by atoms with Gasteiger partial charge in [0.15, 0.2) is 6.29 Å². The van der Waals surface area contributed by atoms with Crippen molar-refractivity contribution in [2.45, 2.75) is 352 Å². The Morgan fingerprint density at radius 2 is 0.827 bits per heavy atom. The quantitative estimate of drug-likeness (QED) is 0.0195. The van der Waals surface area contributed by atoms with Crippen LogP contribution in [0.25, 0.3) is 0 Å². The number of allylic oxidation sites excluding steroid dienone is 9. The average molecular weight is 1140 g/mol. The fourth-order valence-corrected chi connectivity index (χ4v) is 10.4. The molecule has 6 N–H and O–H groups in total. The van der Waals surface area contributed by atoms with E-state index in [1.165, 1.54) is 205 Å².